The Kier molecular flexibility index (Phi) is 4.36. The van der Waals surface area contributed by atoms with Crippen molar-refractivity contribution >= 4 is 11.8 Å². The highest BCUT2D eigenvalue weighted by Gasteiger charge is 2.10. The second-order valence-electron chi connectivity index (χ2n) is 6.30. The van der Waals surface area contributed by atoms with Crippen LogP contribution in [0.4, 0.5) is 0 Å². The second kappa shape index (κ2) is 5.83. The summed E-state index contributed by atoms with van der Waals surface area (Å²) in [5.41, 5.74) is 3.08. The molecule has 2 rings (SSSR count). The van der Waals surface area contributed by atoms with Crippen LogP contribution in [-0.2, 0) is 6.42 Å². The lowest BCUT2D eigenvalue weighted by Gasteiger charge is -2.18. The predicted octanol–water partition coefficient (Wildman–Crippen LogP) is 5.73. The van der Waals surface area contributed by atoms with Crippen LogP contribution in [0.1, 0.15) is 31.9 Å². The van der Waals surface area contributed by atoms with Crippen molar-refractivity contribution in [1.82, 2.24) is 0 Å². The van der Waals surface area contributed by atoms with Gasteiger partial charge in [-0.3, -0.25) is 0 Å². The fourth-order valence-corrected chi connectivity index (χ4v) is 2.85. The maximum Gasteiger partial charge on any atom is 0.0122 e. The van der Waals surface area contributed by atoms with Crippen LogP contribution in [-0.4, -0.2) is 0 Å². The summed E-state index contributed by atoms with van der Waals surface area (Å²) in [4.78, 5) is 2.61. The summed E-state index contributed by atoms with van der Waals surface area (Å²) >= 11 is 1.82. The van der Waals surface area contributed by atoms with E-state index in [1.165, 1.54) is 20.9 Å². The third-order valence-corrected chi connectivity index (χ3v) is 3.93. The van der Waals surface area contributed by atoms with E-state index in [1.54, 1.807) is 0 Å². The highest BCUT2D eigenvalue weighted by Crippen LogP contribution is 2.29. The summed E-state index contributed by atoms with van der Waals surface area (Å²) in [7, 11) is 0. The van der Waals surface area contributed by atoms with Crippen LogP contribution in [0.2, 0.25) is 0 Å². The molecule has 0 aliphatic carbocycles. The monoisotopic (exact) mass is 270 g/mol. The first kappa shape index (κ1) is 14.2. The minimum absolute atomic E-state index is 0.353. The Hall–Kier alpha value is -1.21. The van der Waals surface area contributed by atoms with E-state index in [-0.39, 0.29) is 0 Å². The zero-order chi connectivity index (χ0) is 13.9. The highest BCUT2D eigenvalue weighted by molar-refractivity contribution is 7.99. The Balaban J connectivity index is 2.04. The van der Waals surface area contributed by atoms with Gasteiger partial charge < -0.3 is 0 Å². The molecule has 19 heavy (non-hydrogen) atoms. The van der Waals surface area contributed by atoms with Crippen molar-refractivity contribution < 1.29 is 0 Å². The van der Waals surface area contributed by atoms with Crippen molar-refractivity contribution in [2.24, 2.45) is 5.41 Å². The molecule has 0 atom stereocenters. The number of rotatable bonds is 3. The number of hydrogen-bond acceptors (Lipinski definition) is 1. The maximum atomic E-state index is 2.28. The molecule has 0 heterocycles. The molecule has 0 amide bonds. The van der Waals surface area contributed by atoms with E-state index in [0.717, 1.165) is 6.42 Å². The average molecular weight is 270 g/mol. The van der Waals surface area contributed by atoms with E-state index in [9.17, 15) is 0 Å². The maximum absolute atomic E-state index is 2.28. The van der Waals surface area contributed by atoms with Crippen molar-refractivity contribution in [3.63, 3.8) is 0 Å². The molecular formula is C18H22S. The fourth-order valence-electron chi connectivity index (χ4n) is 2.03. The van der Waals surface area contributed by atoms with Crippen molar-refractivity contribution in [2.45, 2.75) is 43.9 Å². The van der Waals surface area contributed by atoms with Gasteiger partial charge in [-0.1, -0.05) is 62.4 Å². The van der Waals surface area contributed by atoms with Crippen LogP contribution in [0.3, 0.4) is 0 Å². The summed E-state index contributed by atoms with van der Waals surface area (Å²) in [6, 6.07) is 17.7. The molecule has 100 valence electrons. The number of benzene rings is 2. The van der Waals surface area contributed by atoms with Crippen LogP contribution < -0.4 is 0 Å². The van der Waals surface area contributed by atoms with Gasteiger partial charge in [0.1, 0.15) is 0 Å². The summed E-state index contributed by atoms with van der Waals surface area (Å²) in [5, 5.41) is 0. The molecule has 0 fully saturated rings. The van der Waals surface area contributed by atoms with Crippen LogP contribution >= 0.6 is 11.8 Å². The molecule has 2 aromatic rings. The lowest BCUT2D eigenvalue weighted by atomic mass is 9.88. The summed E-state index contributed by atoms with van der Waals surface area (Å²) < 4.78 is 0. The van der Waals surface area contributed by atoms with Crippen molar-refractivity contribution in [3.05, 3.63) is 59.7 Å². The Morgan fingerprint density at radius 2 is 1.26 bits per heavy atom. The SMILES string of the molecule is Cc1ccc(Sc2ccc(CC(C)(C)C)cc2)cc1. The van der Waals surface area contributed by atoms with E-state index < -0.39 is 0 Å². The smallest absolute Gasteiger partial charge is 0.0122 e. The quantitative estimate of drug-likeness (QED) is 0.686. The zero-order valence-corrected chi connectivity index (χ0v) is 13.1. The van der Waals surface area contributed by atoms with E-state index in [2.05, 4.69) is 76.2 Å². The molecule has 0 aliphatic heterocycles. The van der Waals surface area contributed by atoms with Crippen LogP contribution in [0.25, 0.3) is 0 Å². The largest absolute Gasteiger partial charge is 0.0901 e. The lowest BCUT2D eigenvalue weighted by Crippen LogP contribution is -2.08. The van der Waals surface area contributed by atoms with Gasteiger partial charge in [0.25, 0.3) is 0 Å². The fraction of sp³-hybridized carbons (Fsp3) is 0.333. The molecule has 1 heteroatoms. The van der Waals surface area contributed by atoms with Gasteiger partial charge in [0.15, 0.2) is 0 Å². The normalized spacial score (nSPS) is 11.6. The molecule has 0 bridgehead atoms. The van der Waals surface area contributed by atoms with Gasteiger partial charge in [-0.25, -0.2) is 0 Å². The van der Waals surface area contributed by atoms with Gasteiger partial charge >= 0.3 is 0 Å². The van der Waals surface area contributed by atoms with Gasteiger partial charge in [0, 0.05) is 9.79 Å². The first-order chi connectivity index (χ1) is 8.92. The number of hydrogen-bond donors (Lipinski definition) is 0. The Morgan fingerprint density at radius 1 is 0.789 bits per heavy atom. The van der Waals surface area contributed by atoms with E-state index in [4.69, 9.17) is 0 Å². The molecule has 0 saturated carbocycles. The first-order valence-electron chi connectivity index (χ1n) is 6.76. The Labute approximate surface area is 121 Å². The molecule has 0 radical (unpaired) electrons. The summed E-state index contributed by atoms with van der Waals surface area (Å²) in [5.74, 6) is 0. The van der Waals surface area contributed by atoms with Gasteiger partial charge in [-0.15, -0.1) is 0 Å². The Bertz CT molecular complexity index is 515. The molecule has 0 aliphatic rings. The van der Waals surface area contributed by atoms with Gasteiger partial charge in [0.05, 0.1) is 0 Å². The van der Waals surface area contributed by atoms with Crippen LogP contribution in [0.15, 0.2) is 58.3 Å². The third kappa shape index (κ3) is 4.76. The minimum atomic E-state index is 0.353. The van der Waals surface area contributed by atoms with Crippen LogP contribution in [0, 0.1) is 12.3 Å². The van der Waals surface area contributed by atoms with E-state index in [0.29, 0.717) is 5.41 Å². The first-order valence-corrected chi connectivity index (χ1v) is 7.57. The van der Waals surface area contributed by atoms with Crippen molar-refractivity contribution in [3.8, 4) is 0 Å². The van der Waals surface area contributed by atoms with Crippen molar-refractivity contribution in [1.29, 1.82) is 0 Å². The molecule has 0 saturated heterocycles. The molecule has 0 N–H and O–H groups in total. The molecule has 0 spiro atoms. The molecular weight excluding hydrogens is 248 g/mol. The summed E-state index contributed by atoms with van der Waals surface area (Å²) in [6.07, 6.45) is 1.13. The zero-order valence-electron chi connectivity index (χ0n) is 12.2. The highest BCUT2D eigenvalue weighted by atomic mass is 32.2. The molecule has 0 nitrogen and oxygen atoms in total. The Morgan fingerprint density at radius 3 is 1.74 bits per heavy atom. The van der Waals surface area contributed by atoms with Gasteiger partial charge in [0.2, 0.25) is 0 Å². The summed E-state index contributed by atoms with van der Waals surface area (Å²) in [6.45, 7) is 8.96. The van der Waals surface area contributed by atoms with Crippen LogP contribution in [0.5, 0.6) is 0 Å². The van der Waals surface area contributed by atoms with Crippen molar-refractivity contribution in [2.75, 3.05) is 0 Å². The topological polar surface area (TPSA) is 0 Å². The standard InChI is InChI=1S/C18H22S/c1-14-5-9-16(10-6-14)19-17-11-7-15(8-12-17)13-18(2,3)4/h5-12H,13H2,1-4H3. The average Bonchev–Trinajstić information content (AvgIpc) is 2.33. The van der Waals surface area contributed by atoms with E-state index >= 15 is 0 Å². The van der Waals surface area contributed by atoms with Gasteiger partial charge in [-0.05, 0) is 48.6 Å². The minimum Gasteiger partial charge on any atom is -0.0901 e. The number of aryl methyl sites for hydroxylation is 1. The molecule has 2 aromatic carbocycles. The second-order valence-corrected chi connectivity index (χ2v) is 7.44. The van der Waals surface area contributed by atoms with E-state index in [1.807, 2.05) is 11.8 Å². The molecule has 0 aromatic heterocycles. The van der Waals surface area contributed by atoms with Gasteiger partial charge in [-0.2, -0.15) is 0 Å². The third-order valence-electron chi connectivity index (χ3n) is 2.91. The lowest BCUT2D eigenvalue weighted by molar-refractivity contribution is 0.411. The predicted molar refractivity (Wildman–Crippen MR) is 84.9 cm³/mol. The molecule has 0 unspecified atom stereocenters.